The van der Waals surface area contributed by atoms with E-state index in [1.54, 1.807) is 0 Å². The minimum absolute atomic E-state index is 0.342. The fraction of sp³-hybridized carbons (Fsp3) is 1.00. The van der Waals surface area contributed by atoms with Crippen LogP contribution < -0.4 is 5.32 Å². The first-order valence-corrected chi connectivity index (χ1v) is 5.75. The Balaban J connectivity index is 2.29. The van der Waals surface area contributed by atoms with Crippen molar-refractivity contribution >= 4 is 9.84 Å². The largest absolute Gasteiger partial charge is 0.313 e. The number of rotatable bonds is 0. The highest BCUT2D eigenvalue weighted by atomic mass is 32.2. The molecule has 0 atom stereocenters. The van der Waals surface area contributed by atoms with Gasteiger partial charge in [0.25, 0.3) is 0 Å². The molecule has 0 unspecified atom stereocenters. The smallest absolute Gasteiger partial charge is 0.158 e. The van der Waals surface area contributed by atoms with Crippen molar-refractivity contribution in [1.82, 2.24) is 5.32 Å². The van der Waals surface area contributed by atoms with Gasteiger partial charge in [-0.1, -0.05) is 6.42 Å². The Morgan fingerprint density at radius 1 is 1.18 bits per heavy atom. The molecule has 3 nitrogen and oxygen atoms in total. The van der Waals surface area contributed by atoms with E-state index in [4.69, 9.17) is 0 Å². The summed E-state index contributed by atoms with van der Waals surface area (Å²) in [5.74, 6) is 0.411. The van der Waals surface area contributed by atoms with Crippen molar-refractivity contribution in [2.75, 3.05) is 18.8 Å². The second-order valence-electron chi connectivity index (χ2n) is 3.56. The average molecular weight is 175 g/mol. The van der Waals surface area contributed by atoms with Gasteiger partial charge in [-0.15, -0.1) is 0 Å². The highest BCUT2D eigenvalue weighted by Gasteiger charge is 2.49. The third-order valence-corrected chi connectivity index (χ3v) is 5.49. The number of hydrogen-bond acceptors (Lipinski definition) is 3. The average Bonchev–Trinajstić information content (AvgIpc) is 1.83. The predicted molar refractivity (Wildman–Crippen MR) is 43.2 cm³/mol. The van der Waals surface area contributed by atoms with Crippen molar-refractivity contribution < 1.29 is 8.42 Å². The van der Waals surface area contributed by atoms with Gasteiger partial charge < -0.3 is 5.32 Å². The van der Waals surface area contributed by atoms with Gasteiger partial charge >= 0.3 is 0 Å². The van der Waals surface area contributed by atoms with Crippen LogP contribution in [0.4, 0.5) is 0 Å². The number of hydrogen-bond donors (Lipinski definition) is 1. The Hall–Kier alpha value is -0.0900. The molecule has 2 fully saturated rings. The summed E-state index contributed by atoms with van der Waals surface area (Å²) < 4.78 is 22.7. The van der Waals surface area contributed by atoms with E-state index >= 15 is 0 Å². The zero-order valence-electron chi connectivity index (χ0n) is 6.47. The van der Waals surface area contributed by atoms with Crippen LogP contribution in [0.15, 0.2) is 0 Å². The van der Waals surface area contributed by atoms with E-state index in [1.807, 2.05) is 0 Å². The van der Waals surface area contributed by atoms with Crippen LogP contribution in [0.5, 0.6) is 0 Å². The second-order valence-corrected chi connectivity index (χ2v) is 6.07. The van der Waals surface area contributed by atoms with Crippen molar-refractivity contribution in [1.29, 1.82) is 0 Å². The van der Waals surface area contributed by atoms with Gasteiger partial charge in [-0.3, -0.25) is 0 Å². The first kappa shape index (κ1) is 7.55. The van der Waals surface area contributed by atoms with E-state index in [0.29, 0.717) is 18.8 Å². The molecule has 2 heterocycles. The summed E-state index contributed by atoms with van der Waals surface area (Å²) in [5.41, 5.74) is 0. The normalized spacial score (nSPS) is 33.1. The Morgan fingerprint density at radius 2 is 1.91 bits per heavy atom. The van der Waals surface area contributed by atoms with E-state index < -0.39 is 9.84 Å². The second kappa shape index (κ2) is 2.20. The molecule has 2 aliphatic rings. The van der Waals surface area contributed by atoms with Gasteiger partial charge in [0, 0.05) is 13.1 Å². The van der Waals surface area contributed by atoms with Crippen LogP contribution in [0.3, 0.4) is 0 Å². The van der Waals surface area contributed by atoms with E-state index in [0.717, 1.165) is 19.3 Å². The third-order valence-electron chi connectivity index (χ3n) is 2.85. The molecule has 4 heteroatoms. The minimum Gasteiger partial charge on any atom is -0.313 e. The van der Waals surface area contributed by atoms with Crippen molar-refractivity contribution in [3.63, 3.8) is 0 Å². The van der Waals surface area contributed by atoms with Gasteiger partial charge in [-0.2, -0.15) is 0 Å². The molecule has 11 heavy (non-hydrogen) atoms. The van der Waals surface area contributed by atoms with E-state index in [1.165, 1.54) is 0 Å². The maximum atomic E-state index is 11.5. The molecule has 2 aliphatic heterocycles. The molecule has 0 radical (unpaired) electrons. The van der Waals surface area contributed by atoms with Gasteiger partial charge in [0.15, 0.2) is 9.84 Å². The van der Waals surface area contributed by atoms with Gasteiger partial charge in [0.2, 0.25) is 0 Å². The Labute approximate surface area is 67.1 Å². The standard InChI is InChI=1S/C7H13NO2S/c9-11(10)4-2-1-3-7(11)5-8-6-7/h8H,1-6H2. The van der Waals surface area contributed by atoms with Crippen LogP contribution in [0.2, 0.25) is 0 Å². The molecule has 0 aliphatic carbocycles. The van der Waals surface area contributed by atoms with Crippen molar-refractivity contribution in [3.8, 4) is 0 Å². The first-order chi connectivity index (χ1) is 5.16. The predicted octanol–water partition coefficient (Wildman–Crippen LogP) is -0.0729. The molecule has 1 N–H and O–H groups in total. The molecule has 0 bridgehead atoms. The molecule has 0 saturated carbocycles. The lowest BCUT2D eigenvalue weighted by Gasteiger charge is -2.44. The Kier molecular flexibility index (Phi) is 1.51. The lowest BCUT2D eigenvalue weighted by Crippen LogP contribution is -2.65. The van der Waals surface area contributed by atoms with Gasteiger partial charge in [-0.05, 0) is 12.8 Å². The third kappa shape index (κ3) is 0.924. The molecule has 0 aromatic rings. The fourth-order valence-corrected chi connectivity index (χ4v) is 4.03. The Morgan fingerprint density at radius 3 is 2.27 bits per heavy atom. The summed E-state index contributed by atoms with van der Waals surface area (Å²) in [6, 6.07) is 0. The SMILES string of the molecule is O=S1(=O)CCCCC12CNC2. The number of sulfone groups is 1. The zero-order valence-corrected chi connectivity index (χ0v) is 7.28. The van der Waals surface area contributed by atoms with Crippen molar-refractivity contribution in [3.05, 3.63) is 0 Å². The molecular formula is C7H13NO2S. The summed E-state index contributed by atoms with van der Waals surface area (Å²) in [6.45, 7) is 1.38. The fourth-order valence-electron chi connectivity index (χ4n) is 1.91. The van der Waals surface area contributed by atoms with E-state index in [-0.39, 0.29) is 4.75 Å². The van der Waals surface area contributed by atoms with Gasteiger partial charge in [-0.25, -0.2) is 8.42 Å². The molecule has 2 rings (SSSR count). The zero-order chi connectivity index (χ0) is 7.95. The summed E-state index contributed by atoms with van der Waals surface area (Å²) in [5, 5.41) is 3.05. The highest BCUT2D eigenvalue weighted by Crippen LogP contribution is 2.33. The highest BCUT2D eigenvalue weighted by molar-refractivity contribution is 7.93. The lowest BCUT2D eigenvalue weighted by atomic mass is 9.95. The molecule has 0 aromatic carbocycles. The topological polar surface area (TPSA) is 46.2 Å². The first-order valence-electron chi connectivity index (χ1n) is 4.09. The van der Waals surface area contributed by atoms with Crippen LogP contribution in [0.1, 0.15) is 19.3 Å². The monoisotopic (exact) mass is 175 g/mol. The summed E-state index contributed by atoms with van der Waals surface area (Å²) in [6.07, 6.45) is 2.83. The molecule has 2 saturated heterocycles. The minimum atomic E-state index is -2.75. The van der Waals surface area contributed by atoms with Crippen LogP contribution in [-0.4, -0.2) is 32.0 Å². The Bertz CT molecular complexity index is 254. The number of nitrogens with one attached hydrogen (secondary N) is 1. The summed E-state index contributed by atoms with van der Waals surface area (Å²) in [4.78, 5) is 0. The molecule has 0 aromatic heterocycles. The molecular weight excluding hydrogens is 162 g/mol. The van der Waals surface area contributed by atoms with E-state index in [9.17, 15) is 8.42 Å². The summed E-state index contributed by atoms with van der Waals surface area (Å²) >= 11 is 0. The lowest BCUT2D eigenvalue weighted by molar-refractivity contribution is 0.326. The van der Waals surface area contributed by atoms with Gasteiger partial charge in [0.1, 0.15) is 0 Å². The molecule has 1 spiro atoms. The van der Waals surface area contributed by atoms with Crippen LogP contribution >= 0.6 is 0 Å². The molecule has 64 valence electrons. The van der Waals surface area contributed by atoms with Crippen molar-refractivity contribution in [2.24, 2.45) is 0 Å². The maximum Gasteiger partial charge on any atom is 0.158 e. The van der Waals surface area contributed by atoms with Gasteiger partial charge in [0.05, 0.1) is 10.5 Å². The quantitative estimate of drug-likeness (QED) is 0.560. The van der Waals surface area contributed by atoms with E-state index in [2.05, 4.69) is 5.32 Å². The van der Waals surface area contributed by atoms with Crippen LogP contribution in [0.25, 0.3) is 0 Å². The van der Waals surface area contributed by atoms with Crippen LogP contribution in [-0.2, 0) is 9.84 Å². The molecule has 0 amide bonds. The maximum absolute atomic E-state index is 11.5. The van der Waals surface area contributed by atoms with Crippen LogP contribution in [0, 0.1) is 0 Å². The van der Waals surface area contributed by atoms with Crippen molar-refractivity contribution in [2.45, 2.75) is 24.0 Å². The summed E-state index contributed by atoms with van der Waals surface area (Å²) in [7, 11) is -2.75.